The molecular weight excluding hydrogens is 336 g/mol. The molecule has 4 heteroatoms. The number of rotatable bonds is 5. The quantitative estimate of drug-likeness (QED) is 0.827. The maximum absolute atomic E-state index is 8.67. The zero-order chi connectivity index (χ0) is 14.2. The molecule has 1 aromatic carbocycles. The molecule has 0 aliphatic carbocycles. The maximum Gasteiger partial charge on any atom is 0.0814 e. The average molecular weight is 351 g/mol. The number of aliphatic hydroxyl groups is 1. The molecule has 2 nitrogen and oxygen atoms in total. The number of hydrogen-bond acceptors (Lipinski definition) is 3. The number of halogens is 1. The summed E-state index contributed by atoms with van der Waals surface area (Å²) >= 11 is 5.15. The van der Waals surface area contributed by atoms with Gasteiger partial charge in [0.1, 0.15) is 0 Å². The number of aliphatic hydroxyl groups excluding tert-OH is 1. The molecular formula is C16H15BrO2S. The second-order valence-electron chi connectivity index (χ2n) is 4.16. The normalized spacial score (nSPS) is 10.1. The Labute approximate surface area is 131 Å². The van der Waals surface area contributed by atoms with Crippen LogP contribution in [0.25, 0.3) is 0 Å². The molecule has 0 bridgehead atoms. The van der Waals surface area contributed by atoms with E-state index in [1.165, 1.54) is 0 Å². The monoisotopic (exact) mass is 350 g/mol. The van der Waals surface area contributed by atoms with Crippen molar-refractivity contribution in [1.29, 1.82) is 0 Å². The zero-order valence-corrected chi connectivity index (χ0v) is 13.3. The number of thiophene rings is 1. The van der Waals surface area contributed by atoms with E-state index >= 15 is 0 Å². The lowest BCUT2D eigenvalue weighted by Gasteiger charge is -2.04. The largest absolute Gasteiger partial charge is 0.395 e. The molecule has 20 heavy (non-hydrogen) atoms. The Balaban J connectivity index is 1.83. The summed E-state index contributed by atoms with van der Waals surface area (Å²) in [5, 5.41) is 10.7. The summed E-state index contributed by atoms with van der Waals surface area (Å²) in [7, 11) is 0. The zero-order valence-electron chi connectivity index (χ0n) is 10.9. The Morgan fingerprint density at radius 3 is 2.90 bits per heavy atom. The SMILES string of the molecule is OCCC#Cc1csc(COCc2ccccc2Br)c1. The van der Waals surface area contributed by atoms with E-state index in [4.69, 9.17) is 9.84 Å². The molecule has 0 fully saturated rings. The lowest BCUT2D eigenvalue weighted by atomic mass is 10.2. The van der Waals surface area contributed by atoms with E-state index in [0.717, 1.165) is 20.5 Å². The highest BCUT2D eigenvalue weighted by Crippen LogP contribution is 2.19. The molecule has 1 heterocycles. The Kier molecular flexibility index (Phi) is 6.28. The van der Waals surface area contributed by atoms with Crippen LogP contribution in [0.2, 0.25) is 0 Å². The van der Waals surface area contributed by atoms with Gasteiger partial charge in [-0.2, -0.15) is 0 Å². The predicted molar refractivity (Wildman–Crippen MR) is 85.5 cm³/mol. The molecule has 0 spiro atoms. The van der Waals surface area contributed by atoms with Gasteiger partial charge < -0.3 is 9.84 Å². The van der Waals surface area contributed by atoms with Crippen molar-refractivity contribution in [2.24, 2.45) is 0 Å². The second kappa shape index (κ2) is 8.23. The number of hydrogen-bond donors (Lipinski definition) is 1. The van der Waals surface area contributed by atoms with Gasteiger partial charge in [0.2, 0.25) is 0 Å². The summed E-state index contributed by atoms with van der Waals surface area (Å²) in [5.41, 5.74) is 2.13. The molecule has 0 radical (unpaired) electrons. The first-order chi connectivity index (χ1) is 9.79. The van der Waals surface area contributed by atoms with Gasteiger partial charge in [0.05, 0.1) is 19.8 Å². The van der Waals surface area contributed by atoms with Crippen molar-refractivity contribution in [1.82, 2.24) is 0 Å². The van der Waals surface area contributed by atoms with Crippen molar-refractivity contribution in [3.63, 3.8) is 0 Å². The molecule has 0 aliphatic heterocycles. The summed E-state index contributed by atoms with van der Waals surface area (Å²) in [6, 6.07) is 10.1. The molecule has 0 atom stereocenters. The molecule has 0 aliphatic rings. The predicted octanol–water partition coefficient (Wildman–Crippen LogP) is 3.96. The van der Waals surface area contributed by atoms with Gasteiger partial charge in [-0.3, -0.25) is 0 Å². The summed E-state index contributed by atoms with van der Waals surface area (Å²) in [5.74, 6) is 5.93. The molecule has 0 saturated carbocycles. The Hall–Kier alpha value is -1.12. The van der Waals surface area contributed by atoms with Crippen LogP contribution in [0.4, 0.5) is 0 Å². The number of benzene rings is 1. The van der Waals surface area contributed by atoms with Gasteiger partial charge in [0, 0.05) is 26.7 Å². The Morgan fingerprint density at radius 2 is 2.10 bits per heavy atom. The van der Waals surface area contributed by atoms with Crippen molar-refractivity contribution in [3.8, 4) is 11.8 Å². The molecule has 0 saturated heterocycles. The highest BCUT2D eigenvalue weighted by molar-refractivity contribution is 9.10. The fourth-order valence-corrected chi connectivity index (χ4v) is 2.77. The highest BCUT2D eigenvalue weighted by atomic mass is 79.9. The molecule has 0 amide bonds. The second-order valence-corrected chi connectivity index (χ2v) is 6.01. The molecule has 104 valence electrons. The van der Waals surface area contributed by atoms with Crippen LogP contribution in [0.15, 0.2) is 40.2 Å². The van der Waals surface area contributed by atoms with E-state index in [1.807, 2.05) is 35.7 Å². The molecule has 2 rings (SSSR count). The molecule has 1 aromatic heterocycles. The minimum Gasteiger partial charge on any atom is -0.395 e. The van der Waals surface area contributed by atoms with Gasteiger partial charge in [0.25, 0.3) is 0 Å². The van der Waals surface area contributed by atoms with E-state index < -0.39 is 0 Å². The fourth-order valence-electron chi connectivity index (χ4n) is 1.62. The third-order valence-corrected chi connectivity index (χ3v) is 4.27. The van der Waals surface area contributed by atoms with Gasteiger partial charge in [0.15, 0.2) is 0 Å². The van der Waals surface area contributed by atoms with Gasteiger partial charge in [-0.15, -0.1) is 11.3 Å². The van der Waals surface area contributed by atoms with E-state index in [0.29, 0.717) is 19.6 Å². The number of ether oxygens (including phenoxy) is 1. The van der Waals surface area contributed by atoms with Crippen LogP contribution in [0.3, 0.4) is 0 Å². The van der Waals surface area contributed by atoms with Crippen molar-refractivity contribution < 1.29 is 9.84 Å². The topological polar surface area (TPSA) is 29.5 Å². The van der Waals surface area contributed by atoms with Crippen LogP contribution in [0.5, 0.6) is 0 Å². The van der Waals surface area contributed by atoms with E-state index in [1.54, 1.807) is 11.3 Å². The lowest BCUT2D eigenvalue weighted by molar-refractivity contribution is 0.109. The minimum atomic E-state index is 0.110. The summed E-state index contributed by atoms with van der Waals surface area (Å²) in [6.07, 6.45) is 0.518. The Morgan fingerprint density at radius 1 is 1.25 bits per heavy atom. The lowest BCUT2D eigenvalue weighted by Crippen LogP contribution is -1.93. The summed E-state index contributed by atoms with van der Waals surface area (Å²) in [6.45, 7) is 1.29. The molecule has 1 N–H and O–H groups in total. The van der Waals surface area contributed by atoms with Gasteiger partial charge in [-0.1, -0.05) is 46.0 Å². The van der Waals surface area contributed by atoms with Crippen LogP contribution >= 0.6 is 27.3 Å². The maximum atomic E-state index is 8.67. The first kappa shape index (κ1) is 15.3. The van der Waals surface area contributed by atoms with Crippen molar-refractivity contribution in [2.75, 3.05) is 6.61 Å². The third-order valence-electron chi connectivity index (χ3n) is 2.58. The van der Waals surface area contributed by atoms with E-state index in [2.05, 4.69) is 27.8 Å². The van der Waals surface area contributed by atoms with Crippen LogP contribution in [-0.4, -0.2) is 11.7 Å². The highest BCUT2D eigenvalue weighted by Gasteiger charge is 2.01. The van der Waals surface area contributed by atoms with Crippen LogP contribution in [0.1, 0.15) is 22.4 Å². The van der Waals surface area contributed by atoms with Gasteiger partial charge in [-0.05, 0) is 17.7 Å². The average Bonchev–Trinajstić information content (AvgIpc) is 2.89. The minimum absolute atomic E-state index is 0.110. The van der Waals surface area contributed by atoms with E-state index in [-0.39, 0.29) is 6.61 Å². The van der Waals surface area contributed by atoms with Crippen LogP contribution in [-0.2, 0) is 18.0 Å². The first-order valence-electron chi connectivity index (χ1n) is 6.28. The standard InChI is InChI=1S/C16H15BrO2S/c17-16-7-2-1-6-14(16)10-19-11-15-9-13(12-20-15)5-3-4-8-18/h1-2,6-7,9,12,18H,4,8,10-11H2. The summed E-state index contributed by atoms with van der Waals surface area (Å²) < 4.78 is 6.79. The fraction of sp³-hybridized carbons (Fsp3) is 0.250. The molecule has 2 aromatic rings. The van der Waals surface area contributed by atoms with Crippen molar-refractivity contribution >= 4 is 27.3 Å². The van der Waals surface area contributed by atoms with Crippen LogP contribution < -0.4 is 0 Å². The summed E-state index contributed by atoms with van der Waals surface area (Å²) in [4.78, 5) is 1.16. The molecule has 0 unspecified atom stereocenters. The van der Waals surface area contributed by atoms with Crippen molar-refractivity contribution in [2.45, 2.75) is 19.6 Å². The van der Waals surface area contributed by atoms with Crippen LogP contribution in [0, 0.1) is 11.8 Å². The van der Waals surface area contributed by atoms with Crippen molar-refractivity contribution in [3.05, 3.63) is 56.2 Å². The first-order valence-corrected chi connectivity index (χ1v) is 7.95. The Bertz CT molecular complexity index is 610. The smallest absolute Gasteiger partial charge is 0.0814 e. The third kappa shape index (κ3) is 4.77. The van der Waals surface area contributed by atoms with Gasteiger partial charge in [-0.25, -0.2) is 0 Å². The van der Waals surface area contributed by atoms with E-state index in [9.17, 15) is 0 Å². The van der Waals surface area contributed by atoms with Gasteiger partial charge >= 0.3 is 0 Å².